The Hall–Kier alpha value is -2.31. The lowest BCUT2D eigenvalue weighted by atomic mass is 10.0. The van der Waals surface area contributed by atoms with Crippen molar-refractivity contribution < 1.29 is 23.5 Å². The van der Waals surface area contributed by atoms with E-state index in [2.05, 4.69) is 10.1 Å². The van der Waals surface area contributed by atoms with Gasteiger partial charge in [0, 0.05) is 0 Å². The molecule has 0 unspecified atom stereocenters. The van der Waals surface area contributed by atoms with Crippen LogP contribution in [0.15, 0.2) is 16.5 Å². The maximum absolute atomic E-state index is 11.8. The number of primary amides is 1. The van der Waals surface area contributed by atoms with E-state index in [0.29, 0.717) is 0 Å². The summed E-state index contributed by atoms with van der Waals surface area (Å²) in [7, 11) is 1.20. The quantitative estimate of drug-likeness (QED) is 0.746. The highest BCUT2D eigenvalue weighted by molar-refractivity contribution is 5.96. The highest BCUT2D eigenvalue weighted by Crippen LogP contribution is 2.10. The zero-order valence-electron chi connectivity index (χ0n) is 10.9. The Bertz CT molecular complexity index is 492. The van der Waals surface area contributed by atoms with Gasteiger partial charge in [-0.2, -0.15) is 0 Å². The summed E-state index contributed by atoms with van der Waals surface area (Å²) in [5.41, 5.74) is 5.18. The maximum Gasteiger partial charge on any atom is 0.373 e. The summed E-state index contributed by atoms with van der Waals surface area (Å²) in [6.07, 6.45) is 0. The van der Waals surface area contributed by atoms with E-state index in [4.69, 9.17) is 10.2 Å². The van der Waals surface area contributed by atoms with Gasteiger partial charge in [0.2, 0.25) is 11.7 Å². The van der Waals surface area contributed by atoms with Gasteiger partial charge >= 0.3 is 5.97 Å². The van der Waals surface area contributed by atoms with Gasteiger partial charge in [-0.25, -0.2) is 4.79 Å². The van der Waals surface area contributed by atoms with Gasteiger partial charge in [0.1, 0.15) is 6.04 Å². The fraction of sp³-hybridized carbons (Fsp3) is 0.417. The fourth-order valence-corrected chi connectivity index (χ4v) is 1.45. The van der Waals surface area contributed by atoms with Crippen LogP contribution in [0.5, 0.6) is 0 Å². The number of nitrogens with one attached hydrogen (secondary N) is 1. The average molecular weight is 268 g/mol. The van der Waals surface area contributed by atoms with Crippen LogP contribution < -0.4 is 11.1 Å². The second kappa shape index (κ2) is 6.03. The van der Waals surface area contributed by atoms with Gasteiger partial charge in [0.25, 0.3) is 5.91 Å². The van der Waals surface area contributed by atoms with E-state index in [1.807, 2.05) is 0 Å². The Balaban J connectivity index is 2.80. The summed E-state index contributed by atoms with van der Waals surface area (Å²) in [6.45, 7) is 3.50. The zero-order chi connectivity index (χ0) is 14.6. The van der Waals surface area contributed by atoms with E-state index in [1.54, 1.807) is 13.8 Å². The van der Waals surface area contributed by atoms with Gasteiger partial charge in [-0.1, -0.05) is 13.8 Å². The number of hydrogen-bond acceptors (Lipinski definition) is 5. The van der Waals surface area contributed by atoms with Crippen LogP contribution in [-0.2, 0) is 9.53 Å². The number of esters is 1. The predicted molar refractivity (Wildman–Crippen MR) is 65.3 cm³/mol. The standard InChI is InChI=1S/C12H16N2O5/c1-6(2)9(10(13)15)14-11(16)7-4-5-8(19-7)12(17)18-3/h4-6,9H,1-3H3,(H2,13,15)(H,14,16)/t9-/m0/s1. The Kier molecular flexibility index (Phi) is 4.68. The van der Waals surface area contributed by atoms with Gasteiger partial charge in [-0.05, 0) is 18.1 Å². The zero-order valence-corrected chi connectivity index (χ0v) is 10.9. The summed E-state index contributed by atoms with van der Waals surface area (Å²) in [5, 5.41) is 2.44. The molecule has 1 aromatic heterocycles. The van der Waals surface area contributed by atoms with Crippen LogP contribution in [0.25, 0.3) is 0 Å². The summed E-state index contributed by atoms with van der Waals surface area (Å²) in [6, 6.07) is 1.83. The fourth-order valence-electron chi connectivity index (χ4n) is 1.45. The number of methoxy groups -OCH3 is 1. The van der Waals surface area contributed by atoms with Gasteiger partial charge in [-0.15, -0.1) is 0 Å². The molecule has 1 aromatic rings. The Labute approximate surface area is 110 Å². The van der Waals surface area contributed by atoms with E-state index in [9.17, 15) is 14.4 Å². The first-order valence-electron chi connectivity index (χ1n) is 5.65. The third kappa shape index (κ3) is 3.57. The molecule has 0 aliphatic rings. The first kappa shape index (κ1) is 14.7. The molecule has 0 saturated carbocycles. The number of amides is 2. The summed E-state index contributed by atoms with van der Waals surface area (Å²) in [4.78, 5) is 34.2. The molecule has 7 nitrogen and oxygen atoms in total. The van der Waals surface area contributed by atoms with E-state index >= 15 is 0 Å². The summed E-state index contributed by atoms with van der Waals surface area (Å²) in [5.74, 6) is -2.28. The largest absolute Gasteiger partial charge is 0.463 e. The van der Waals surface area contributed by atoms with E-state index in [0.717, 1.165) is 0 Å². The Morgan fingerprint density at radius 2 is 1.84 bits per heavy atom. The van der Waals surface area contributed by atoms with Gasteiger partial charge in [0.15, 0.2) is 5.76 Å². The van der Waals surface area contributed by atoms with Crippen LogP contribution in [0.4, 0.5) is 0 Å². The molecule has 104 valence electrons. The number of rotatable bonds is 5. The van der Waals surface area contributed by atoms with Crippen LogP contribution in [0, 0.1) is 5.92 Å². The number of furan rings is 1. The molecule has 1 heterocycles. The molecule has 0 spiro atoms. The first-order valence-corrected chi connectivity index (χ1v) is 5.65. The minimum absolute atomic E-state index is 0.0900. The number of nitrogens with two attached hydrogens (primary N) is 1. The SMILES string of the molecule is COC(=O)c1ccc(C(=O)N[C@H](C(N)=O)C(C)C)o1. The summed E-state index contributed by atoms with van der Waals surface area (Å²) >= 11 is 0. The van der Waals surface area contributed by atoms with Crippen LogP contribution in [-0.4, -0.2) is 30.9 Å². The molecular weight excluding hydrogens is 252 g/mol. The monoisotopic (exact) mass is 268 g/mol. The second-order valence-electron chi connectivity index (χ2n) is 4.25. The van der Waals surface area contributed by atoms with Crippen LogP contribution >= 0.6 is 0 Å². The molecule has 0 radical (unpaired) electrons. The van der Waals surface area contributed by atoms with Crippen molar-refractivity contribution in [1.82, 2.24) is 5.32 Å². The number of ether oxygens (including phenoxy) is 1. The molecule has 0 bridgehead atoms. The molecule has 3 N–H and O–H groups in total. The van der Waals surface area contributed by atoms with Crippen LogP contribution in [0.1, 0.15) is 35.0 Å². The highest BCUT2D eigenvalue weighted by atomic mass is 16.5. The maximum atomic E-state index is 11.8. The normalized spacial score (nSPS) is 12.0. The number of hydrogen-bond donors (Lipinski definition) is 2. The first-order chi connectivity index (χ1) is 8.86. The van der Waals surface area contributed by atoms with Crippen molar-refractivity contribution >= 4 is 17.8 Å². The second-order valence-corrected chi connectivity index (χ2v) is 4.25. The minimum Gasteiger partial charge on any atom is -0.463 e. The van der Waals surface area contributed by atoms with Gasteiger partial charge in [-0.3, -0.25) is 9.59 Å². The third-order valence-corrected chi connectivity index (χ3v) is 2.48. The lowest BCUT2D eigenvalue weighted by Gasteiger charge is -2.17. The summed E-state index contributed by atoms with van der Waals surface area (Å²) < 4.78 is 9.47. The molecular formula is C12H16N2O5. The van der Waals surface area contributed by atoms with E-state index in [-0.39, 0.29) is 17.4 Å². The molecule has 19 heavy (non-hydrogen) atoms. The van der Waals surface area contributed by atoms with Crippen molar-refractivity contribution in [2.75, 3.05) is 7.11 Å². The van der Waals surface area contributed by atoms with Gasteiger partial charge in [0.05, 0.1) is 7.11 Å². The third-order valence-electron chi connectivity index (χ3n) is 2.48. The number of carbonyl (C=O) groups excluding carboxylic acids is 3. The van der Waals surface area contributed by atoms with Crippen molar-refractivity contribution in [3.63, 3.8) is 0 Å². The smallest absolute Gasteiger partial charge is 0.373 e. The van der Waals surface area contributed by atoms with Crippen LogP contribution in [0.2, 0.25) is 0 Å². The molecule has 7 heteroatoms. The molecule has 1 rings (SSSR count). The van der Waals surface area contributed by atoms with Crippen molar-refractivity contribution in [1.29, 1.82) is 0 Å². The van der Waals surface area contributed by atoms with Gasteiger partial charge < -0.3 is 20.2 Å². The lowest BCUT2D eigenvalue weighted by Crippen LogP contribution is -2.47. The molecule has 0 saturated heterocycles. The topological polar surface area (TPSA) is 112 Å². The van der Waals surface area contributed by atoms with E-state index < -0.39 is 23.8 Å². The molecule has 2 amide bonds. The molecule has 0 aliphatic heterocycles. The molecule has 0 aliphatic carbocycles. The highest BCUT2D eigenvalue weighted by Gasteiger charge is 2.24. The molecule has 0 fully saturated rings. The van der Waals surface area contributed by atoms with Crippen molar-refractivity contribution in [2.45, 2.75) is 19.9 Å². The molecule has 0 aromatic carbocycles. The number of carbonyl (C=O) groups is 3. The predicted octanol–water partition coefficient (Wildman–Crippen LogP) is 0.306. The Morgan fingerprint density at radius 3 is 2.32 bits per heavy atom. The minimum atomic E-state index is -0.806. The average Bonchev–Trinajstić information content (AvgIpc) is 2.83. The van der Waals surface area contributed by atoms with Crippen molar-refractivity contribution in [3.8, 4) is 0 Å². The van der Waals surface area contributed by atoms with Crippen molar-refractivity contribution in [3.05, 3.63) is 23.7 Å². The van der Waals surface area contributed by atoms with Crippen molar-refractivity contribution in [2.24, 2.45) is 11.7 Å². The van der Waals surface area contributed by atoms with Crippen LogP contribution in [0.3, 0.4) is 0 Å². The lowest BCUT2D eigenvalue weighted by molar-refractivity contribution is -0.120. The Morgan fingerprint density at radius 1 is 1.26 bits per heavy atom. The van der Waals surface area contributed by atoms with E-state index in [1.165, 1.54) is 19.2 Å². The molecule has 1 atom stereocenters.